The van der Waals surface area contributed by atoms with Gasteiger partial charge in [0.15, 0.2) is 5.69 Å². The van der Waals surface area contributed by atoms with E-state index in [4.69, 9.17) is 9.47 Å². The normalized spacial score (nSPS) is 15.8. The first-order valence-electron chi connectivity index (χ1n) is 9.69. The standard InChI is InChI=1S/C20H25N5O4.ClH/c1-28-13-3-4-14(17(11-13)29-2)19(26)24-7-9-25(10-8-24)20(27)18-15-12-21-6-5-16(15)22-23-18;/h3-4,11,21H,5-10,12H2,1-2H3,(H,22,23);1H. The summed E-state index contributed by atoms with van der Waals surface area (Å²) in [6.07, 6.45) is 0.849. The molecule has 0 atom stereocenters. The quantitative estimate of drug-likeness (QED) is 0.745. The molecule has 0 spiro atoms. The molecule has 9 nitrogen and oxygen atoms in total. The maximum Gasteiger partial charge on any atom is 0.274 e. The second-order valence-electron chi connectivity index (χ2n) is 7.11. The van der Waals surface area contributed by atoms with Gasteiger partial charge < -0.3 is 24.6 Å². The lowest BCUT2D eigenvalue weighted by atomic mass is 10.1. The molecule has 1 aromatic carbocycles. The zero-order valence-corrected chi connectivity index (χ0v) is 17.9. The second-order valence-corrected chi connectivity index (χ2v) is 7.11. The van der Waals surface area contributed by atoms with Crippen molar-refractivity contribution in [2.24, 2.45) is 0 Å². The van der Waals surface area contributed by atoms with Crippen molar-refractivity contribution in [2.45, 2.75) is 13.0 Å². The minimum absolute atomic E-state index is 0. The predicted molar refractivity (Wildman–Crippen MR) is 113 cm³/mol. The minimum Gasteiger partial charge on any atom is -0.497 e. The van der Waals surface area contributed by atoms with Crippen LogP contribution in [-0.2, 0) is 13.0 Å². The first kappa shape index (κ1) is 21.9. The van der Waals surface area contributed by atoms with Crippen molar-refractivity contribution in [3.63, 3.8) is 0 Å². The van der Waals surface area contributed by atoms with E-state index in [2.05, 4.69) is 15.5 Å². The number of rotatable bonds is 4. The topological polar surface area (TPSA) is 99.8 Å². The number of amides is 2. The van der Waals surface area contributed by atoms with Crippen LogP contribution in [0.2, 0.25) is 0 Å². The minimum atomic E-state index is -0.113. The number of carbonyl (C=O) groups is 2. The summed E-state index contributed by atoms with van der Waals surface area (Å²) in [4.78, 5) is 29.4. The Balaban J connectivity index is 0.00000256. The third kappa shape index (κ3) is 4.08. The van der Waals surface area contributed by atoms with Gasteiger partial charge in [0, 0.05) is 63.0 Å². The number of aromatic amines is 1. The van der Waals surface area contributed by atoms with E-state index in [1.807, 2.05) is 0 Å². The van der Waals surface area contributed by atoms with E-state index in [1.165, 1.54) is 7.11 Å². The van der Waals surface area contributed by atoms with Gasteiger partial charge >= 0.3 is 0 Å². The lowest BCUT2D eigenvalue weighted by Gasteiger charge is -2.35. The summed E-state index contributed by atoms with van der Waals surface area (Å²) in [5, 5.41) is 10.5. The SMILES string of the molecule is COc1ccc(C(=O)N2CCN(C(=O)c3n[nH]c4c3CNCC4)CC2)c(OC)c1.Cl. The largest absolute Gasteiger partial charge is 0.497 e. The second kappa shape index (κ2) is 9.36. The Morgan fingerprint density at radius 2 is 1.73 bits per heavy atom. The van der Waals surface area contributed by atoms with Gasteiger partial charge in [-0.05, 0) is 12.1 Å². The summed E-state index contributed by atoms with van der Waals surface area (Å²) in [5.41, 5.74) is 2.97. The molecule has 0 unspecified atom stereocenters. The number of methoxy groups -OCH3 is 2. The Morgan fingerprint density at radius 1 is 1.03 bits per heavy atom. The Bertz CT molecular complexity index is 924. The summed E-state index contributed by atoms with van der Waals surface area (Å²) in [6.45, 7) is 3.41. The van der Waals surface area contributed by atoms with Crippen molar-refractivity contribution in [2.75, 3.05) is 46.9 Å². The molecule has 2 aromatic rings. The number of carbonyl (C=O) groups excluding carboxylic acids is 2. The van der Waals surface area contributed by atoms with Crippen LogP contribution in [0.1, 0.15) is 32.1 Å². The number of nitrogens with one attached hydrogen (secondary N) is 2. The maximum atomic E-state index is 13.0. The highest BCUT2D eigenvalue weighted by Gasteiger charge is 2.30. The monoisotopic (exact) mass is 435 g/mol. The summed E-state index contributed by atoms with van der Waals surface area (Å²) in [6, 6.07) is 5.15. The van der Waals surface area contributed by atoms with Crippen molar-refractivity contribution in [3.8, 4) is 11.5 Å². The molecular weight excluding hydrogens is 410 g/mol. The van der Waals surface area contributed by atoms with Crippen molar-refractivity contribution in [1.82, 2.24) is 25.3 Å². The fourth-order valence-electron chi connectivity index (χ4n) is 3.81. The van der Waals surface area contributed by atoms with Crippen molar-refractivity contribution in [3.05, 3.63) is 40.7 Å². The van der Waals surface area contributed by atoms with Gasteiger partial charge in [0.25, 0.3) is 11.8 Å². The van der Waals surface area contributed by atoms with E-state index >= 15 is 0 Å². The summed E-state index contributed by atoms with van der Waals surface area (Å²) >= 11 is 0. The number of nitrogens with zero attached hydrogens (tertiary/aromatic N) is 3. The zero-order chi connectivity index (χ0) is 20.4. The van der Waals surface area contributed by atoms with Gasteiger partial charge in [-0.1, -0.05) is 0 Å². The number of H-pyrrole nitrogens is 1. The molecular formula is C20H26ClN5O4. The first-order chi connectivity index (χ1) is 14.1. The molecule has 0 radical (unpaired) electrons. The van der Waals surface area contributed by atoms with Crippen LogP contribution in [0, 0.1) is 0 Å². The third-order valence-corrected chi connectivity index (χ3v) is 5.50. The molecule has 162 valence electrons. The molecule has 3 heterocycles. The smallest absolute Gasteiger partial charge is 0.274 e. The molecule has 0 aliphatic carbocycles. The summed E-state index contributed by atoms with van der Waals surface area (Å²) < 4.78 is 10.5. The van der Waals surface area contributed by atoms with Gasteiger partial charge in [-0.2, -0.15) is 5.10 Å². The summed E-state index contributed by atoms with van der Waals surface area (Å²) in [5.74, 6) is 0.910. The summed E-state index contributed by atoms with van der Waals surface area (Å²) in [7, 11) is 3.10. The third-order valence-electron chi connectivity index (χ3n) is 5.50. The van der Waals surface area contributed by atoms with Crippen molar-refractivity contribution in [1.29, 1.82) is 0 Å². The Labute approximate surface area is 181 Å². The van der Waals surface area contributed by atoms with E-state index in [0.29, 0.717) is 55.5 Å². The highest BCUT2D eigenvalue weighted by atomic mass is 35.5. The average Bonchev–Trinajstić information content (AvgIpc) is 3.22. The molecule has 30 heavy (non-hydrogen) atoms. The molecule has 1 fully saturated rings. The zero-order valence-electron chi connectivity index (χ0n) is 17.1. The van der Waals surface area contributed by atoms with Crippen LogP contribution in [0.25, 0.3) is 0 Å². The number of benzene rings is 1. The van der Waals surface area contributed by atoms with Gasteiger partial charge in [-0.15, -0.1) is 12.4 Å². The van der Waals surface area contributed by atoms with Crippen LogP contribution in [0.3, 0.4) is 0 Å². The number of halogens is 1. The van der Waals surface area contributed by atoms with Crippen molar-refractivity contribution >= 4 is 24.2 Å². The molecule has 2 amide bonds. The van der Waals surface area contributed by atoms with Crippen molar-refractivity contribution < 1.29 is 19.1 Å². The van der Waals surface area contributed by atoms with E-state index in [9.17, 15) is 9.59 Å². The molecule has 0 bridgehead atoms. The van der Waals surface area contributed by atoms with Crippen LogP contribution in [0.15, 0.2) is 18.2 Å². The number of fused-ring (bicyclic) bond motifs is 1. The van der Waals surface area contributed by atoms with Gasteiger partial charge in [-0.3, -0.25) is 14.7 Å². The Morgan fingerprint density at radius 3 is 2.40 bits per heavy atom. The molecule has 1 saturated heterocycles. The lowest BCUT2D eigenvalue weighted by Crippen LogP contribution is -2.51. The highest BCUT2D eigenvalue weighted by molar-refractivity contribution is 5.98. The van der Waals surface area contributed by atoms with Gasteiger partial charge in [0.1, 0.15) is 11.5 Å². The number of piperazine rings is 1. The molecule has 2 aliphatic rings. The molecule has 10 heteroatoms. The molecule has 1 aromatic heterocycles. The Kier molecular flexibility index (Phi) is 6.84. The van der Waals surface area contributed by atoms with Crippen LogP contribution in [0.4, 0.5) is 0 Å². The number of hydrogen-bond donors (Lipinski definition) is 2. The fraction of sp³-hybridized carbons (Fsp3) is 0.450. The highest BCUT2D eigenvalue weighted by Crippen LogP contribution is 2.26. The van der Waals surface area contributed by atoms with Gasteiger partial charge in [-0.25, -0.2) is 0 Å². The predicted octanol–water partition coefficient (Wildman–Crippen LogP) is 1.09. The Hall–Kier alpha value is -2.78. The van der Waals surface area contributed by atoms with Gasteiger partial charge in [0.2, 0.25) is 0 Å². The van der Waals surface area contributed by atoms with E-state index in [0.717, 1.165) is 24.2 Å². The lowest BCUT2D eigenvalue weighted by molar-refractivity contribution is 0.0529. The first-order valence-corrected chi connectivity index (χ1v) is 9.69. The fourth-order valence-corrected chi connectivity index (χ4v) is 3.81. The van der Waals surface area contributed by atoms with E-state index < -0.39 is 0 Å². The van der Waals surface area contributed by atoms with Crippen LogP contribution >= 0.6 is 12.4 Å². The molecule has 2 aliphatic heterocycles. The van der Waals surface area contributed by atoms with Crippen LogP contribution < -0.4 is 14.8 Å². The molecule has 0 saturated carbocycles. The van der Waals surface area contributed by atoms with Gasteiger partial charge in [0.05, 0.1) is 19.8 Å². The van der Waals surface area contributed by atoms with Crippen LogP contribution in [-0.4, -0.2) is 78.8 Å². The van der Waals surface area contributed by atoms with E-state index in [1.54, 1.807) is 35.1 Å². The number of hydrogen-bond acceptors (Lipinski definition) is 6. The number of ether oxygens (including phenoxy) is 2. The van der Waals surface area contributed by atoms with Crippen LogP contribution in [0.5, 0.6) is 11.5 Å². The maximum absolute atomic E-state index is 13.0. The molecule has 2 N–H and O–H groups in total. The number of aromatic nitrogens is 2. The average molecular weight is 436 g/mol. The molecule has 4 rings (SSSR count). The van der Waals surface area contributed by atoms with E-state index in [-0.39, 0.29) is 24.2 Å².